The Hall–Kier alpha value is -3.61. The largest absolute Gasteiger partial charge is 0.507 e. The molecule has 0 aliphatic heterocycles. The topological polar surface area (TPSA) is 104 Å². The van der Waals surface area contributed by atoms with Gasteiger partial charge in [-0.1, -0.05) is 18.2 Å². The fourth-order valence-electron chi connectivity index (χ4n) is 2.45. The van der Waals surface area contributed by atoms with Crippen LogP contribution >= 0.6 is 0 Å². The number of hydrogen-bond donors (Lipinski definition) is 3. The quantitative estimate of drug-likeness (QED) is 0.679. The minimum absolute atomic E-state index is 0.230. The summed E-state index contributed by atoms with van der Waals surface area (Å²) in [6.45, 7) is 1.78. The van der Waals surface area contributed by atoms with Crippen LogP contribution in [0.25, 0.3) is 5.69 Å². The van der Waals surface area contributed by atoms with Crippen LogP contribution in [-0.4, -0.2) is 31.9 Å². The zero-order valence-corrected chi connectivity index (χ0v) is 13.3. The number of nitrogens with zero attached hydrogens (tertiary/aromatic N) is 2. The lowest BCUT2D eigenvalue weighted by Gasteiger charge is -2.08. The molecule has 1 amide bonds. The molecular weight excluding hydrogens is 322 g/mol. The number of carbonyl (C=O) groups is 2. The van der Waals surface area contributed by atoms with E-state index in [-0.39, 0.29) is 5.56 Å². The molecule has 0 saturated heterocycles. The SMILES string of the molecule is Cc1c(C(=O)Nc2ccc(C(=O)O)c(O)c2)cnn1-c1ccccc1. The average Bonchev–Trinajstić information content (AvgIpc) is 2.97. The first-order chi connectivity index (χ1) is 12.0. The Morgan fingerprint density at radius 3 is 2.44 bits per heavy atom. The molecule has 1 heterocycles. The number of para-hydroxylation sites is 1. The highest BCUT2D eigenvalue weighted by Crippen LogP contribution is 2.23. The number of aromatic nitrogens is 2. The highest BCUT2D eigenvalue weighted by atomic mass is 16.4. The summed E-state index contributed by atoms with van der Waals surface area (Å²) in [6, 6.07) is 13.2. The molecule has 126 valence electrons. The molecule has 0 saturated carbocycles. The van der Waals surface area contributed by atoms with E-state index < -0.39 is 17.6 Å². The maximum Gasteiger partial charge on any atom is 0.339 e. The van der Waals surface area contributed by atoms with E-state index in [1.807, 2.05) is 30.3 Å². The monoisotopic (exact) mass is 337 g/mol. The van der Waals surface area contributed by atoms with Gasteiger partial charge in [0, 0.05) is 11.8 Å². The van der Waals surface area contributed by atoms with E-state index in [0.29, 0.717) is 16.9 Å². The molecule has 0 radical (unpaired) electrons. The van der Waals surface area contributed by atoms with Crippen molar-refractivity contribution in [3.05, 3.63) is 71.5 Å². The number of aromatic carboxylic acids is 1. The van der Waals surface area contributed by atoms with Crippen molar-refractivity contribution in [3.63, 3.8) is 0 Å². The fourth-order valence-corrected chi connectivity index (χ4v) is 2.45. The molecule has 25 heavy (non-hydrogen) atoms. The number of carboxylic acid groups (broad SMARTS) is 1. The average molecular weight is 337 g/mol. The number of aromatic hydroxyl groups is 1. The maximum absolute atomic E-state index is 12.4. The third-order valence-corrected chi connectivity index (χ3v) is 3.74. The van der Waals surface area contributed by atoms with Gasteiger partial charge >= 0.3 is 5.97 Å². The summed E-state index contributed by atoms with van der Waals surface area (Å²) in [7, 11) is 0. The second-order valence-electron chi connectivity index (χ2n) is 5.38. The van der Waals surface area contributed by atoms with E-state index >= 15 is 0 Å². The minimum Gasteiger partial charge on any atom is -0.507 e. The molecular formula is C18H15N3O4. The molecule has 7 heteroatoms. The van der Waals surface area contributed by atoms with Gasteiger partial charge in [-0.15, -0.1) is 0 Å². The highest BCUT2D eigenvalue weighted by molar-refractivity contribution is 6.05. The summed E-state index contributed by atoms with van der Waals surface area (Å²) in [6.07, 6.45) is 1.46. The Balaban J connectivity index is 1.84. The lowest BCUT2D eigenvalue weighted by molar-refractivity contribution is 0.0693. The van der Waals surface area contributed by atoms with E-state index in [1.165, 1.54) is 24.4 Å². The third kappa shape index (κ3) is 3.20. The van der Waals surface area contributed by atoms with Crippen LogP contribution in [0.3, 0.4) is 0 Å². The lowest BCUT2D eigenvalue weighted by Crippen LogP contribution is -2.13. The molecule has 0 bridgehead atoms. The van der Waals surface area contributed by atoms with Crippen LogP contribution in [-0.2, 0) is 0 Å². The van der Waals surface area contributed by atoms with E-state index in [9.17, 15) is 14.7 Å². The summed E-state index contributed by atoms with van der Waals surface area (Å²) >= 11 is 0. The van der Waals surface area contributed by atoms with Gasteiger partial charge < -0.3 is 15.5 Å². The van der Waals surface area contributed by atoms with E-state index in [4.69, 9.17) is 5.11 Å². The van der Waals surface area contributed by atoms with E-state index in [1.54, 1.807) is 11.6 Å². The van der Waals surface area contributed by atoms with Gasteiger partial charge in [0.15, 0.2) is 0 Å². The molecule has 0 atom stereocenters. The summed E-state index contributed by atoms with van der Waals surface area (Å²) in [5.41, 5.74) is 1.94. The summed E-state index contributed by atoms with van der Waals surface area (Å²) in [4.78, 5) is 23.3. The molecule has 0 fully saturated rings. The van der Waals surface area contributed by atoms with Crippen molar-refractivity contribution in [3.8, 4) is 11.4 Å². The maximum atomic E-state index is 12.4. The van der Waals surface area contributed by atoms with Crippen molar-refractivity contribution in [1.82, 2.24) is 9.78 Å². The van der Waals surface area contributed by atoms with Gasteiger partial charge in [-0.3, -0.25) is 4.79 Å². The van der Waals surface area contributed by atoms with Crippen LogP contribution in [0, 0.1) is 6.92 Å². The first-order valence-electron chi connectivity index (χ1n) is 7.45. The van der Waals surface area contributed by atoms with Crippen LogP contribution in [0.5, 0.6) is 5.75 Å². The van der Waals surface area contributed by atoms with E-state index in [2.05, 4.69) is 10.4 Å². The number of carboxylic acids is 1. The predicted molar refractivity (Wildman–Crippen MR) is 91.3 cm³/mol. The first kappa shape index (κ1) is 16.3. The molecule has 0 spiro atoms. The number of nitrogens with one attached hydrogen (secondary N) is 1. The molecule has 3 N–H and O–H groups in total. The number of rotatable bonds is 4. The van der Waals surface area contributed by atoms with Crippen molar-refractivity contribution in [2.24, 2.45) is 0 Å². The standard InChI is InChI=1S/C18H15N3O4/c1-11-15(10-19-21(11)13-5-3-2-4-6-13)17(23)20-12-7-8-14(18(24)25)16(22)9-12/h2-10,22H,1H3,(H,20,23)(H,24,25). The molecule has 3 aromatic rings. The zero-order chi connectivity index (χ0) is 18.0. The Labute approximate surface area is 143 Å². The van der Waals surface area contributed by atoms with Gasteiger partial charge in [0.25, 0.3) is 5.91 Å². The number of anilines is 1. The molecule has 1 aromatic heterocycles. The predicted octanol–water partition coefficient (Wildman–Crippen LogP) is 2.84. The Kier molecular flexibility index (Phi) is 4.21. The number of carbonyl (C=O) groups excluding carboxylic acids is 1. The van der Waals surface area contributed by atoms with Gasteiger partial charge in [0.2, 0.25) is 0 Å². The second kappa shape index (κ2) is 6.48. The molecule has 0 aliphatic rings. The summed E-state index contributed by atoms with van der Waals surface area (Å²) in [5.74, 6) is -2.06. The first-order valence-corrected chi connectivity index (χ1v) is 7.45. The van der Waals surface area contributed by atoms with Crippen LogP contribution in [0.15, 0.2) is 54.7 Å². The van der Waals surface area contributed by atoms with Gasteiger partial charge in [0.1, 0.15) is 11.3 Å². The summed E-state index contributed by atoms with van der Waals surface area (Å²) < 4.78 is 1.65. The van der Waals surface area contributed by atoms with Crippen molar-refractivity contribution in [2.45, 2.75) is 6.92 Å². The van der Waals surface area contributed by atoms with Crippen molar-refractivity contribution < 1.29 is 19.8 Å². The second-order valence-corrected chi connectivity index (χ2v) is 5.38. The van der Waals surface area contributed by atoms with E-state index in [0.717, 1.165) is 5.69 Å². The van der Waals surface area contributed by atoms with Crippen LogP contribution in [0.4, 0.5) is 5.69 Å². The summed E-state index contributed by atoms with van der Waals surface area (Å²) in [5, 5.41) is 25.5. The van der Waals surface area contributed by atoms with Crippen LogP contribution in [0.2, 0.25) is 0 Å². The number of amides is 1. The lowest BCUT2D eigenvalue weighted by atomic mass is 10.1. The fraction of sp³-hybridized carbons (Fsp3) is 0.0556. The zero-order valence-electron chi connectivity index (χ0n) is 13.3. The normalized spacial score (nSPS) is 10.4. The van der Waals surface area contributed by atoms with Gasteiger partial charge in [-0.05, 0) is 31.2 Å². The minimum atomic E-state index is -1.24. The van der Waals surface area contributed by atoms with Gasteiger partial charge in [-0.2, -0.15) is 5.10 Å². The number of hydrogen-bond acceptors (Lipinski definition) is 4. The number of benzene rings is 2. The Morgan fingerprint density at radius 2 is 1.80 bits per heavy atom. The highest BCUT2D eigenvalue weighted by Gasteiger charge is 2.16. The number of phenols is 1. The molecule has 0 aliphatic carbocycles. The van der Waals surface area contributed by atoms with Crippen LogP contribution in [0.1, 0.15) is 26.4 Å². The Morgan fingerprint density at radius 1 is 1.08 bits per heavy atom. The van der Waals surface area contributed by atoms with Gasteiger partial charge in [-0.25, -0.2) is 9.48 Å². The third-order valence-electron chi connectivity index (χ3n) is 3.74. The van der Waals surface area contributed by atoms with Crippen molar-refractivity contribution in [2.75, 3.05) is 5.32 Å². The van der Waals surface area contributed by atoms with Crippen molar-refractivity contribution in [1.29, 1.82) is 0 Å². The smallest absolute Gasteiger partial charge is 0.339 e. The molecule has 7 nitrogen and oxygen atoms in total. The Bertz CT molecular complexity index is 948. The van der Waals surface area contributed by atoms with Crippen LogP contribution < -0.4 is 5.32 Å². The van der Waals surface area contributed by atoms with Gasteiger partial charge in [0.05, 0.1) is 23.1 Å². The molecule has 2 aromatic carbocycles. The molecule has 0 unspecified atom stereocenters. The molecule has 3 rings (SSSR count). The van der Waals surface area contributed by atoms with Crippen molar-refractivity contribution >= 4 is 17.6 Å².